The van der Waals surface area contributed by atoms with Gasteiger partial charge in [-0.25, -0.2) is 4.68 Å². The van der Waals surface area contributed by atoms with Gasteiger partial charge in [0, 0.05) is 5.39 Å². The van der Waals surface area contributed by atoms with Crippen molar-refractivity contribution in [1.29, 1.82) is 0 Å². The summed E-state index contributed by atoms with van der Waals surface area (Å²) in [7, 11) is 0. The zero-order valence-electron chi connectivity index (χ0n) is 11.8. The van der Waals surface area contributed by atoms with Crippen molar-refractivity contribution in [1.82, 2.24) is 9.78 Å². The van der Waals surface area contributed by atoms with E-state index in [0.717, 1.165) is 22.9 Å². The Balaban J connectivity index is 2.81. The number of carboxylic acids is 1. The Morgan fingerprint density at radius 3 is 2.45 bits per heavy atom. The third-order valence-electron chi connectivity index (χ3n) is 3.15. The SMILES string of the molecule is CC(C)c1nn(CC(=O)O)c(=O)c2ccc(C(F)(F)F)cc12. The second kappa shape index (κ2) is 5.43. The van der Waals surface area contributed by atoms with Gasteiger partial charge in [0.05, 0.1) is 16.6 Å². The van der Waals surface area contributed by atoms with Crippen LogP contribution in [0.4, 0.5) is 13.2 Å². The molecule has 0 aliphatic carbocycles. The van der Waals surface area contributed by atoms with Crippen LogP contribution in [-0.2, 0) is 17.5 Å². The third kappa shape index (κ3) is 2.95. The summed E-state index contributed by atoms with van der Waals surface area (Å²) in [6, 6.07) is 2.75. The van der Waals surface area contributed by atoms with Crippen LogP contribution < -0.4 is 5.56 Å². The van der Waals surface area contributed by atoms with Crippen LogP contribution in [-0.4, -0.2) is 20.9 Å². The first-order chi connectivity index (χ1) is 10.1. The first-order valence-corrected chi connectivity index (χ1v) is 6.45. The maximum absolute atomic E-state index is 12.8. The van der Waals surface area contributed by atoms with Crippen LogP contribution >= 0.6 is 0 Å². The highest BCUT2D eigenvalue weighted by Crippen LogP contribution is 2.32. The van der Waals surface area contributed by atoms with Gasteiger partial charge in [0.25, 0.3) is 5.56 Å². The molecule has 0 spiro atoms. The van der Waals surface area contributed by atoms with Gasteiger partial charge in [-0.2, -0.15) is 18.3 Å². The van der Waals surface area contributed by atoms with Gasteiger partial charge in [-0.05, 0) is 24.1 Å². The van der Waals surface area contributed by atoms with Crippen LogP contribution in [0, 0.1) is 0 Å². The van der Waals surface area contributed by atoms with E-state index in [0.29, 0.717) is 0 Å². The number of carboxylic acid groups (broad SMARTS) is 1. The van der Waals surface area contributed by atoms with E-state index in [1.54, 1.807) is 13.8 Å². The van der Waals surface area contributed by atoms with Crippen LogP contribution in [0.5, 0.6) is 0 Å². The molecule has 0 atom stereocenters. The van der Waals surface area contributed by atoms with Gasteiger partial charge in [-0.1, -0.05) is 13.8 Å². The molecular formula is C14H13F3N2O3. The molecule has 118 valence electrons. The van der Waals surface area contributed by atoms with E-state index < -0.39 is 29.8 Å². The van der Waals surface area contributed by atoms with Crippen LogP contribution in [0.3, 0.4) is 0 Å². The predicted molar refractivity (Wildman–Crippen MR) is 72.7 cm³/mol. The van der Waals surface area contributed by atoms with Crippen molar-refractivity contribution in [2.75, 3.05) is 0 Å². The molecule has 8 heteroatoms. The van der Waals surface area contributed by atoms with Crippen LogP contribution in [0.15, 0.2) is 23.0 Å². The highest BCUT2D eigenvalue weighted by atomic mass is 19.4. The minimum absolute atomic E-state index is 0.0213. The summed E-state index contributed by atoms with van der Waals surface area (Å²) in [5.41, 5.74) is -1.35. The van der Waals surface area contributed by atoms with E-state index >= 15 is 0 Å². The fraction of sp³-hybridized carbons (Fsp3) is 0.357. The van der Waals surface area contributed by atoms with Crippen molar-refractivity contribution < 1.29 is 23.1 Å². The van der Waals surface area contributed by atoms with Crippen LogP contribution in [0.1, 0.15) is 31.0 Å². The third-order valence-corrected chi connectivity index (χ3v) is 3.15. The summed E-state index contributed by atoms with van der Waals surface area (Å²) < 4.78 is 39.2. The molecule has 0 unspecified atom stereocenters. The van der Waals surface area contributed by atoms with Gasteiger partial charge in [0.1, 0.15) is 6.54 Å². The molecule has 1 N–H and O–H groups in total. The quantitative estimate of drug-likeness (QED) is 0.945. The lowest BCUT2D eigenvalue weighted by Crippen LogP contribution is -2.28. The summed E-state index contributed by atoms with van der Waals surface area (Å²) in [5, 5.41) is 12.8. The molecule has 2 rings (SSSR count). The lowest BCUT2D eigenvalue weighted by molar-refractivity contribution is -0.138. The summed E-state index contributed by atoms with van der Waals surface area (Å²) in [5.74, 6) is -1.53. The number of hydrogen-bond acceptors (Lipinski definition) is 3. The maximum atomic E-state index is 12.8. The Morgan fingerprint density at radius 1 is 1.32 bits per heavy atom. The fourth-order valence-electron chi connectivity index (χ4n) is 2.15. The topological polar surface area (TPSA) is 72.2 Å². The monoisotopic (exact) mass is 314 g/mol. The molecule has 0 radical (unpaired) electrons. The van der Waals surface area contributed by atoms with Gasteiger partial charge in [0.15, 0.2) is 0 Å². The lowest BCUT2D eigenvalue weighted by atomic mass is 10.0. The number of rotatable bonds is 3. The Kier molecular flexibility index (Phi) is 3.95. The van der Waals surface area contributed by atoms with E-state index in [1.165, 1.54) is 0 Å². The molecule has 0 amide bonds. The van der Waals surface area contributed by atoms with Gasteiger partial charge < -0.3 is 5.11 Å². The molecule has 0 fully saturated rings. The van der Waals surface area contributed by atoms with Crippen molar-refractivity contribution in [3.05, 3.63) is 39.8 Å². The van der Waals surface area contributed by atoms with E-state index in [2.05, 4.69) is 5.10 Å². The number of aliphatic carboxylic acids is 1. The number of fused-ring (bicyclic) bond motifs is 1. The predicted octanol–water partition coefficient (Wildman–Crippen LogP) is 2.62. The molecular weight excluding hydrogens is 301 g/mol. The summed E-state index contributed by atoms with van der Waals surface area (Å²) in [4.78, 5) is 22.9. The largest absolute Gasteiger partial charge is 0.480 e. The molecule has 2 aromatic rings. The van der Waals surface area contributed by atoms with Crippen molar-refractivity contribution in [3.63, 3.8) is 0 Å². The minimum atomic E-state index is -4.53. The second-order valence-electron chi connectivity index (χ2n) is 5.15. The Labute approximate surface area is 123 Å². The molecule has 0 aliphatic rings. The number of carbonyl (C=O) groups is 1. The number of alkyl halides is 3. The van der Waals surface area contributed by atoms with Gasteiger partial charge in [-0.15, -0.1) is 0 Å². The van der Waals surface area contributed by atoms with E-state index in [9.17, 15) is 22.8 Å². The minimum Gasteiger partial charge on any atom is -0.480 e. The highest BCUT2D eigenvalue weighted by molar-refractivity contribution is 5.85. The van der Waals surface area contributed by atoms with E-state index in [4.69, 9.17) is 5.11 Å². The van der Waals surface area contributed by atoms with Crippen molar-refractivity contribution in [2.45, 2.75) is 32.5 Å². The highest BCUT2D eigenvalue weighted by Gasteiger charge is 2.31. The number of benzene rings is 1. The molecule has 0 saturated carbocycles. The first-order valence-electron chi connectivity index (χ1n) is 6.45. The molecule has 0 bridgehead atoms. The van der Waals surface area contributed by atoms with Crippen molar-refractivity contribution in [2.24, 2.45) is 0 Å². The maximum Gasteiger partial charge on any atom is 0.416 e. The standard InChI is InChI=1S/C14H13F3N2O3/c1-7(2)12-10-5-8(14(15,16)17)3-4-9(10)13(22)19(18-12)6-11(20)21/h3-5,7H,6H2,1-2H3,(H,20,21). The summed E-state index contributed by atoms with van der Waals surface area (Å²) in [6.07, 6.45) is -4.53. The summed E-state index contributed by atoms with van der Waals surface area (Å²) >= 11 is 0. The zero-order chi connectivity index (χ0) is 16.7. The number of hydrogen-bond donors (Lipinski definition) is 1. The van der Waals surface area contributed by atoms with E-state index in [-0.39, 0.29) is 22.4 Å². The van der Waals surface area contributed by atoms with Gasteiger partial charge in [0.2, 0.25) is 0 Å². The number of halogens is 3. The second-order valence-corrected chi connectivity index (χ2v) is 5.15. The molecule has 0 aliphatic heterocycles. The normalized spacial score (nSPS) is 12.1. The van der Waals surface area contributed by atoms with Crippen LogP contribution in [0.2, 0.25) is 0 Å². The van der Waals surface area contributed by atoms with Crippen LogP contribution in [0.25, 0.3) is 10.8 Å². The molecule has 1 aromatic heterocycles. The van der Waals surface area contributed by atoms with E-state index in [1.807, 2.05) is 0 Å². The van der Waals surface area contributed by atoms with Crippen molar-refractivity contribution in [3.8, 4) is 0 Å². The Bertz CT molecular complexity index is 794. The van der Waals surface area contributed by atoms with Crippen molar-refractivity contribution >= 4 is 16.7 Å². The number of aromatic nitrogens is 2. The average molecular weight is 314 g/mol. The summed E-state index contributed by atoms with van der Waals surface area (Å²) in [6.45, 7) is 2.77. The molecule has 1 heterocycles. The Morgan fingerprint density at radius 2 is 1.95 bits per heavy atom. The molecule has 22 heavy (non-hydrogen) atoms. The average Bonchev–Trinajstić information content (AvgIpc) is 2.39. The molecule has 1 aromatic carbocycles. The Hall–Kier alpha value is -2.38. The van der Waals surface area contributed by atoms with Gasteiger partial charge >= 0.3 is 12.1 Å². The zero-order valence-corrected chi connectivity index (χ0v) is 11.8. The van der Waals surface area contributed by atoms with Gasteiger partial charge in [-0.3, -0.25) is 9.59 Å². The smallest absolute Gasteiger partial charge is 0.416 e. The molecule has 0 saturated heterocycles. The number of nitrogens with zero attached hydrogens (tertiary/aromatic N) is 2. The fourth-order valence-corrected chi connectivity index (χ4v) is 2.15. The first kappa shape index (κ1) is 16.0. The lowest BCUT2D eigenvalue weighted by Gasteiger charge is -2.14. The molecule has 5 nitrogen and oxygen atoms in total.